The maximum atomic E-state index is 13.2. The summed E-state index contributed by atoms with van der Waals surface area (Å²) in [6, 6.07) is 12.2. The predicted molar refractivity (Wildman–Crippen MR) is 109 cm³/mol. The maximum Gasteiger partial charge on any atom is 0.251 e. The Kier molecular flexibility index (Phi) is 7.14. The van der Waals surface area contributed by atoms with E-state index in [0.717, 1.165) is 38.0 Å². The third kappa shape index (κ3) is 5.39. The van der Waals surface area contributed by atoms with Crippen LogP contribution in [0.2, 0.25) is 0 Å². The lowest BCUT2D eigenvalue weighted by Crippen LogP contribution is -2.52. The second kappa shape index (κ2) is 9.99. The summed E-state index contributed by atoms with van der Waals surface area (Å²) < 4.78 is 0. The summed E-state index contributed by atoms with van der Waals surface area (Å²) in [5, 5.41) is 6.16. The first-order valence-corrected chi connectivity index (χ1v) is 9.85. The number of pyridine rings is 1. The van der Waals surface area contributed by atoms with Crippen LogP contribution in [0.1, 0.15) is 28.8 Å². The largest absolute Gasteiger partial charge is 0.341 e. The molecule has 148 valence electrons. The average molecular weight is 380 g/mol. The number of nitrogens with one attached hydrogen (secondary N) is 2. The van der Waals surface area contributed by atoms with Gasteiger partial charge in [0.1, 0.15) is 6.04 Å². The van der Waals surface area contributed by atoms with Gasteiger partial charge < -0.3 is 15.5 Å². The van der Waals surface area contributed by atoms with E-state index >= 15 is 0 Å². The Morgan fingerprint density at radius 1 is 1.14 bits per heavy atom. The highest BCUT2D eigenvalue weighted by Gasteiger charge is 2.29. The number of amides is 2. The number of benzene rings is 1. The molecule has 2 N–H and O–H groups in total. The molecule has 28 heavy (non-hydrogen) atoms. The highest BCUT2D eigenvalue weighted by atomic mass is 16.2. The molecule has 3 rings (SSSR count). The summed E-state index contributed by atoms with van der Waals surface area (Å²) >= 11 is 0. The number of hydrogen-bond donors (Lipinski definition) is 2. The minimum Gasteiger partial charge on any atom is -0.341 e. The molecule has 0 spiro atoms. The molecule has 1 saturated heterocycles. The number of carbonyl (C=O) groups excluding carboxylic acids is 2. The number of carbonyl (C=O) groups is 2. The first kappa shape index (κ1) is 20.0. The van der Waals surface area contributed by atoms with Gasteiger partial charge in [-0.25, -0.2) is 0 Å². The van der Waals surface area contributed by atoms with Crippen LogP contribution in [0.15, 0.2) is 54.9 Å². The van der Waals surface area contributed by atoms with Crippen molar-refractivity contribution in [2.45, 2.75) is 25.3 Å². The highest BCUT2D eigenvalue weighted by Crippen LogP contribution is 2.18. The van der Waals surface area contributed by atoms with Crippen molar-refractivity contribution in [1.29, 1.82) is 0 Å². The second-order valence-electron chi connectivity index (χ2n) is 7.28. The van der Waals surface area contributed by atoms with Gasteiger partial charge in [0.05, 0.1) is 0 Å². The zero-order chi connectivity index (χ0) is 19.8. The standard InChI is InChI=1S/C22H28N4O2/c1-23-15-17-9-12-26(13-10-17)22(28)20(14-18-6-5-11-24-16-18)25-21(27)19-7-3-2-4-8-19/h2-8,11,16-17,20,23H,9-10,12-15H2,1H3,(H,25,27). The minimum absolute atomic E-state index is 0.0176. The Bertz CT molecular complexity index is 759. The summed E-state index contributed by atoms with van der Waals surface area (Å²) in [5.74, 6) is 0.355. The Labute approximate surface area is 166 Å². The van der Waals surface area contributed by atoms with Crippen molar-refractivity contribution in [2.75, 3.05) is 26.7 Å². The van der Waals surface area contributed by atoms with Crippen molar-refractivity contribution < 1.29 is 9.59 Å². The van der Waals surface area contributed by atoms with Gasteiger partial charge in [0.25, 0.3) is 5.91 Å². The van der Waals surface area contributed by atoms with E-state index in [0.29, 0.717) is 17.9 Å². The molecule has 1 unspecified atom stereocenters. The van der Waals surface area contributed by atoms with Gasteiger partial charge in [0.15, 0.2) is 0 Å². The first-order chi connectivity index (χ1) is 13.7. The van der Waals surface area contributed by atoms with Crippen LogP contribution in [-0.2, 0) is 11.2 Å². The van der Waals surface area contributed by atoms with E-state index in [9.17, 15) is 9.59 Å². The van der Waals surface area contributed by atoms with Gasteiger partial charge in [-0.2, -0.15) is 0 Å². The van der Waals surface area contributed by atoms with E-state index in [1.165, 1.54) is 0 Å². The van der Waals surface area contributed by atoms with Gasteiger partial charge >= 0.3 is 0 Å². The van der Waals surface area contributed by atoms with Gasteiger partial charge in [-0.1, -0.05) is 24.3 Å². The van der Waals surface area contributed by atoms with Crippen LogP contribution in [-0.4, -0.2) is 54.4 Å². The maximum absolute atomic E-state index is 13.2. The van der Waals surface area contributed by atoms with Crippen LogP contribution < -0.4 is 10.6 Å². The van der Waals surface area contributed by atoms with Gasteiger partial charge in [-0.3, -0.25) is 14.6 Å². The summed E-state index contributed by atoms with van der Waals surface area (Å²) in [6.45, 7) is 2.44. The smallest absolute Gasteiger partial charge is 0.251 e. The van der Waals surface area contributed by atoms with Crippen molar-refractivity contribution in [3.05, 3.63) is 66.0 Å². The van der Waals surface area contributed by atoms with E-state index in [-0.39, 0.29) is 11.8 Å². The van der Waals surface area contributed by atoms with Crippen LogP contribution in [0.3, 0.4) is 0 Å². The number of nitrogens with zero attached hydrogens (tertiary/aromatic N) is 2. The molecule has 1 fully saturated rings. The molecule has 1 atom stereocenters. The molecule has 1 aliphatic heterocycles. The number of likely N-dealkylation sites (tertiary alicyclic amines) is 1. The van der Waals surface area contributed by atoms with Gasteiger partial charge in [0, 0.05) is 37.5 Å². The molecule has 6 heteroatoms. The normalized spacial score (nSPS) is 15.8. The average Bonchev–Trinajstić information content (AvgIpc) is 2.75. The second-order valence-corrected chi connectivity index (χ2v) is 7.28. The Hall–Kier alpha value is -2.73. The summed E-state index contributed by atoms with van der Waals surface area (Å²) in [6.07, 6.45) is 5.85. The van der Waals surface area contributed by atoms with Crippen molar-refractivity contribution in [3.63, 3.8) is 0 Å². The zero-order valence-corrected chi connectivity index (χ0v) is 16.3. The van der Waals surface area contributed by atoms with Crippen molar-refractivity contribution in [3.8, 4) is 0 Å². The lowest BCUT2D eigenvalue weighted by molar-refractivity contribution is -0.134. The van der Waals surface area contributed by atoms with Gasteiger partial charge in [-0.05, 0) is 56.1 Å². The molecule has 1 aromatic carbocycles. The molecule has 1 aromatic heterocycles. The van der Waals surface area contributed by atoms with Gasteiger partial charge in [-0.15, -0.1) is 0 Å². The fourth-order valence-corrected chi connectivity index (χ4v) is 3.65. The third-order valence-electron chi connectivity index (χ3n) is 5.22. The van der Waals surface area contributed by atoms with Crippen LogP contribution in [0.5, 0.6) is 0 Å². The molecule has 6 nitrogen and oxygen atoms in total. The fourth-order valence-electron chi connectivity index (χ4n) is 3.65. The van der Waals surface area contributed by atoms with Crippen molar-refractivity contribution >= 4 is 11.8 Å². The molecule has 2 amide bonds. The van der Waals surface area contributed by atoms with Crippen molar-refractivity contribution in [2.24, 2.45) is 5.92 Å². The lowest BCUT2D eigenvalue weighted by Gasteiger charge is -2.34. The SMILES string of the molecule is CNCC1CCN(C(=O)C(Cc2cccnc2)NC(=O)c2ccccc2)CC1. The topological polar surface area (TPSA) is 74.3 Å². The fraction of sp³-hybridized carbons (Fsp3) is 0.409. The summed E-state index contributed by atoms with van der Waals surface area (Å²) in [5.41, 5.74) is 1.48. The lowest BCUT2D eigenvalue weighted by atomic mass is 9.95. The minimum atomic E-state index is -0.599. The molecular formula is C22H28N4O2. The monoisotopic (exact) mass is 380 g/mol. The third-order valence-corrected chi connectivity index (χ3v) is 5.22. The number of rotatable bonds is 7. The molecule has 0 radical (unpaired) electrons. The van der Waals surface area contributed by atoms with E-state index in [1.807, 2.05) is 42.3 Å². The van der Waals surface area contributed by atoms with Crippen LogP contribution >= 0.6 is 0 Å². The molecule has 2 heterocycles. The highest BCUT2D eigenvalue weighted by molar-refractivity contribution is 5.97. The summed E-state index contributed by atoms with van der Waals surface area (Å²) in [7, 11) is 1.96. The van der Waals surface area contributed by atoms with Gasteiger partial charge in [0.2, 0.25) is 5.91 Å². The van der Waals surface area contributed by atoms with E-state index in [4.69, 9.17) is 0 Å². The Morgan fingerprint density at radius 3 is 2.54 bits per heavy atom. The molecular weight excluding hydrogens is 352 g/mol. The Balaban J connectivity index is 1.70. The van der Waals surface area contributed by atoms with Crippen molar-refractivity contribution in [1.82, 2.24) is 20.5 Å². The zero-order valence-electron chi connectivity index (χ0n) is 16.3. The number of piperidine rings is 1. The summed E-state index contributed by atoms with van der Waals surface area (Å²) in [4.78, 5) is 31.9. The van der Waals surface area contributed by atoms with Crippen LogP contribution in [0.4, 0.5) is 0 Å². The first-order valence-electron chi connectivity index (χ1n) is 9.85. The molecule has 0 bridgehead atoms. The Morgan fingerprint density at radius 2 is 1.89 bits per heavy atom. The van der Waals surface area contributed by atoms with Crippen LogP contribution in [0, 0.1) is 5.92 Å². The molecule has 0 aliphatic carbocycles. The molecule has 0 saturated carbocycles. The van der Waals surface area contributed by atoms with E-state index < -0.39 is 6.04 Å². The number of aromatic nitrogens is 1. The molecule has 2 aromatic rings. The predicted octanol–water partition coefficient (Wildman–Crippen LogP) is 1.88. The van der Waals surface area contributed by atoms with Crippen LogP contribution in [0.25, 0.3) is 0 Å². The number of hydrogen-bond acceptors (Lipinski definition) is 4. The quantitative estimate of drug-likeness (QED) is 0.769. The van der Waals surface area contributed by atoms with E-state index in [2.05, 4.69) is 15.6 Å². The molecule has 1 aliphatic rings. The van der Waals surface area contributed by atoms with E-state index in [1.54, 1.807) is 24.5 Å².